The molecule has 0 atom stereocenters. The lowest BCUT2D eigenvalue weighted by molar-refractivity contribution is 0.0697. The zero-order chi connectivity index (χ0) is 14.9. The third-order valence-corrected chi connectivity index (χ3v) is 5.67. The summed E-state index contributed by atoms with van der Waals surface area (Å²) in [6, 6.07) is 6.56. The van der Waals surface area contributed by atoms with E-state index in [0.717, 1.165) is 11.3 Å². The first kappa shape index (κ1) is 15.1. The second-order valence-electron chi connectivity index (χ2n) is 3.66. The van der Waals surface area contributed by atoms with Crippen LogP contribution in [0.15, 0.2) is 34.5 Å². The van der Waals surface area contributed by atoms with E-state index in [4.69, 9.17) is 28.3 Å². The van der Waals surface area contributed by atoms with E-state index in [-0.39, 0.29) is 20.5 Å². The topological polar surface area (TPSA) is 83.5 Å². The van der Waals surface area contributed by atoms with Gasteiger partial charge in [0, 0.05) is 0 Å². The highest BCUT2D eigenvalue weighted by Gasteiger charge is 2.18. The van der Waals surface area contributed by atoms with Crippen molar-refractivity contribution < 1.29 is 18.3 Å². The fraction of sp³-hybridized carbons (Fsp3) is 0. The molecule has 1 aromatic carbocycles. The number of hydrogen-bond acceptors (Lipinski definition) is 4. The Morgan fingerprint density at radius 2 is 1.90 bits per heavy atom. The standard InChI is InChI=1S/C11H7Cl2NO4S2/c12-7-5-6(11(15)16)1-2-8(7)14-20(17,18)10-4-3-9(13)19-10/h1-5,14H,(H,15,16). The summed E-state index contributed by atoms with van der Waals surface area (Å²) >= 11 is 12.5. The fourth-order valence-corrected chi connectivity index (χ4v) is 4.21. The monoisotopic (exact) mass is 351 g/mol. The predicted octanol–water partition coefficient (Wildman–Crippen LogP) is 3.55. The Morgan fingerprint density at radius 1 is 1.20 bits per heavy atom. The third-order valence-electron chi connectivity index (χ3n) is 2.27. The van der Waals surface area contributed by atoms with Crippen LogP contribution in [0.25, 0.3) is 0 Å². The Bertz CT molecular complexity index is 770. The lowest BCUT2D eigenvalue weighted by atomic mass is 10.2. The molecule has 0 fully saturated rings. The van der Waals surface area contributed by atoms with E-state index in [1.54, 1.807) is 0 Å². The maximum absolute atomic E-state index is 12.1. The van der Waals surface area contributed by atoms with Crippen LogP contribution in [0.4, 0.5) is 5.69 Å². The maximum Gasteiger partial charge on any atom is 0.335 e. The normalized spacial score (nSPS) is 11.3. The van der Waals surface area contributed by atoms with Crippen molar-refractivity contribution in [1.29, 1.82) is 0 Å². The minimum atomic E-state index is -3.80. The number of rotatable bonds is 4. The van der Waals surface area contributed by atoms with E-state index < -0.39 is 16.0 Å². The van der Waals surface area contributed by atoms with Gasteiger partial charge in [0.1, 0.15) is 4.21 Å². The van der Waals surface area contributed by atoms with Gasteiger partial charge < -0.3 is 5.11 Å². The molecule has 0 radical (unpaired) electrons. The average molecular weight is 352 g/mol. The first-order valence-electron chi connectivity index (χ1n) is 5.10. The smallest absolute Gasteiger partial charge is 0.335 e. The molecule has 0 saturated carbocycles. The first-order chi connectivity index (χ1) is 9.29. The molecule has 0 aliphatic carbocycles. The molecule has 0 saturated heterocycles. The summed E-state index contributed by atoms with van der Waals surface area (Å²) in [6.07, 6.45) is 0. The molecule has 1 heterocycles. The molecule has 20 heavy (non-hydrogen) atoms. The van der Waals surface area contributed by atoms with Gasteiger partial charge in [-0.25, -0.2) is 13.2 Å². The number of carboxylic acids is 1. The van der Waals surface area contributed by atoms with E-state index in [1.165, 1.54) is 30.3 Å². The minimum absolute atomic E-state index is 0.00359. The third kappa shape index (κ3) is 3.24. The molecular formula is C11H7Cl2NO4S2. The van der Waals surface area contributed by atoms with Crippen LogP contribution in [0.5, 0.6) is 0 Å². The molecule has 0 amide bonds. The number of anilines is 1. The Labute approximate surface area is 128 Å². The van der Waals surface area contributed by atoms with E-state index in [1.807, 2.05) is 0 Å². The highest BCUT2D eigenvalue weighted by atomic mass is 35.5. The number of carboxylic acid groups (broad SMARTS) is 1. The Morgan fingerprint density at radius 3 is 2.40 bits per heavy atom. The van der Waals surface area contributed by atoms with Gasteiger partial charge in [0.25, 0.3) is 10.0 Å². The molecule has 2 N–H and O–H groups in total. The fourth-order valence-electron chi connectivity index (χ4n) is 1.37. The second-order valence-corrected chi connectivity index (χ2v) is 7.70. The molecule has 2 rings (SSSR count). The lowest BCUT2D eigenvalue weighted by Gasteiger charge is -2.08. The van der Waals surface area contributed by atoms with Crippen molar-refractivity contribution in [2.75, 3.05) is 4.72 Å². The average Bonchev–Trinajstić information content (AvgIpc) is 2.79. The van der Waals surface area contributed by atoms with Crippen molar-refractivity contribution in [1.82, 2.24) is 0 Å². The van der Waals surface area contributed by atoms with Crippen molar-refractivity contribution >= 4 is 56.2 Å². The van der Waals surface area contributed by atoms with Crippen molar-refractivity contribution in [3.8, 4) is 0 Å². The van der Waals surface area contributed by atoms with Crippen molar-refractivity contribution in [3.63, 3.8) is 0 Å². The van der Waals surface area contributed by atoms with E-state index in [2.05, 4.69) is 4.72 Å². The van der Waals surface area contributed by atoms with Crippen LogP contribution >= 0.6 is 34.5 Å². The summed E-state index contributed by atoms with van der Waals surface area (Å²) < 4.78 is 26.8. The van der Waals surface area contributed by atoms with Crippen LogP contribution < -0.4 is 4.72 Å². The summed E-state index contributed by atoms with van der Waals surface area (Å²) in [5.74, 6) is -1.15. The largest absolute Gasteiger partial charge is 0.478 e. The van der Waals surface area contributed by atoms with Crippen LogP contribution in [0.1, 0.15) is 10.4 Å². The number of carbonyl (C=O) groups is 1. The van der Waals surface area contributed by atoms with E-state index >= 15 is 0 Å². The number of hydrogen-bond donors (Lipinski definition) is 2. The molecule has 0 spiro atoms. The van der Waals surface area contributed by atoms with Gasteiger partial charge in [-0.3, -0.25) is 4.72 Å². The zero-order valence-electron chi connectivity index (χ0n) is 9.63. The number of halogens is 2. The Balaban J connectivity index is 2.32. The number of thiophene rings is 1. The van der Waals surface area contributed by atoms with Crippen LogP contribution in [-0.4, -0.2) is 19.5 Å². The summed E-state index contributed by atoms with van der Waals surface area (Å²) in [6.45, 7) is 0. The SMILES string of the molecule is O=C(O)c1ccc(NS(=O)(=O)c2ccc(Cl)s2)c(Cl)c1. The molecule has 9 heteroatoms. The lowest BCUT2D eigenvalue weighted by Crippen LogP contribution is -2.12. The van der Waals surface area contributed by atoms with Crippen LogP contribution in [-0.2, 0) is 10.0 Å². The summed E-state index contributed by atoms with van der Waals surface area (Å²) in [5.41, 5.74) is 0.0679. The summed E-state index contributed by atoms with van der Waals surface area (Å²) in [4.78, 5) is 10.8. The summed E-state index contributed by atoms with van der Waals surface area (Å²) in [5, 5.41) is 8.80. The molecule has 1 aromatic heterocycles. The highest BCUT2D eigenvalue weighted by molar-refractivity contribution is 7.94. The molecule has 106 valence electrons. The summed E-state index contributed by atoms with van der Waals surface area (Å²) in [7, 11) is -3.80. The number of sulfonamides is 1. The van der Waals surface area contributed by atoms with Gasteiger partial charge in [-0.15, -0.1) is 11.3 Å². The predicted molar refractivity (Wildman–Crippen MR) is 78.5 cm³/mol. The molecule has 5 nitrogen and oxygen atoms in total. The minimum Gasteiger partial charge on any atom is -0.478 e. The maximum atomic E-state index is 12.1. The van der Waals surface area contributed by atoms with Crippen molar-refractivity contribution in [2.24, 2.45) is 0 Å². The van der Waals surface area contributed by atoms with E-state index in [0.29, 0.717) is 4.34 Å². The molecule has 0 unspecified atom stereocenters. The highest BCUT2D eigenvalue weighted by Crippen LogP contribution is 2.30. The van der Waals surface area contributed by atoms with Crippen LogP contribution in [0.2, 0.25) is 9.36 Å². The number of benzene rings is 1. The van der Waals surface area contributed by atoms with Crippen LogP contribution in [0.3, 0.4) is 0 Å². The van der Waals surface area contributed by atoms with Gasteiger partial charge in [-0.05, 0) is 30.3 Å². The second kappa shape index (κ2) is 5.61. The van der Waals surface area contributed by atoms with Gasteiger partial charge in [-0.2, -0.15) is 0 Å². The Kier molecular flexibility index (Phi) is 4.24. The van der Waals surface area contributed by atoms with Gasteiger partial charge in [0.2, 0.25) is 0 Å². The van der Waals surface area contributed by atoms with Gasteiger partial charge in [0.15, 0.2) is 0 Å². The molecular weight excluding hydrogens is 345 g/mol. The molecule has 0 bridgehead atoms. The molecule has 0 aliphatic heterocycles. The molecule has 2 aromatic rings. The van der Waals surface area contributed by atoms with Crippen LogP contribution in [0, 0.1) is 0 Å². The Hall–Kier alpha value is -1.28. The van der Waals surface area contributed by atoms with Gasteiger partial charge in [0.05, 0.1) is 20.6 Å². The van der Waals surface area contributed by atoms with E-state index in [9.17, 15) is 13.2 Å². The van der Waals surface area contributed by atoms with Gasteiger partial charge >= 0.3 is 5.97 Å². The number of nitrogens with one attached hydrogen (secondary N) is 1. The van der Waals surface area contributed by atoms with Gasteiger partial charge in [-0.1, -0.05) is 23.2 Å². The molecule has 0 aliphatic rings. The van der Waals surface area contributed by atoms with Crippen molar-refractivity contribution in [3.05, 3.63) is 45.3 Å². The number of aromatic carboxylic acids is 1. The van der Waals surface area contributed by atoms with Crippen molar-refractivity contribution in [2.45, 2.75) is 4.21 Å². The first-order valence-corrected chi connectivity index (χ1v) is 8.16. The zero-order valence-corrected chi connectivity index (χ0v) is 12.8. The quantitative estimate of drug-likeness (QED) is 0.881.